The zero-order valence-corrected chi connectivity index (χ0v) is 18.5. The average molecular weight is 410 g/mol. The first-order chi connectivity index (χ1) is 13.6. The molecule has 1 N–H and O–H groups in total. The molecule has 0 saturated carbocycles. The van der Waals surface area contributed by atoms with Gasteiger partial charge < -0.3 is 5.11 Å². The standard InChI is InChI=1S/C23H27N3O2S/c1-7-9-10-26-21(27)15(14(3)16(12-24)22(26)28)11-19-20(23(4,5)6)17(13-25)18(8-2)29-19/h11,28H,3,7-10H2,1-2,4-6H3/b15-11-. The predicted molar refractivity (Wildman–Crippen MR) is 117 cm³/mol. The lowest BCUT2D eigenvalue weighted by Gasteiger charge is -2.19. The van der Waals surface area contributed by atoms with Gasteiger partial charge in [-0.25, -0.2) is 0 Å². The largest absolute Gasteiger partial charge is 0.493 e. The number of thiophene rings is 1. The summed E-state index contributed by atoms with van der Waals surface area (Å²) in [6, 6.07) is 4.30. The van der Waals surface area contributed by atoms with Crippen LogP contribution in [0.4, 0.5) is 0 Å². The van der Waals surface area contributed by atoms with Gasteiger partial charge in [-0.3, -0.25) is 9.36 Å². The van der Waals surface area contributed by atoms with E-state index in [1.54, 1.807) is 6.08 Å². The molecule has 2 heterocycles. The van der Waals surface area contributed by atoms with Gasteiger partial charge in [-0.2, -0.15) is 10.5 Å². The van der Waals surface area contributed by atoms with Gasteiger partial charge in [0.1, 0.15) is 17.7 Å². The van der Waals surface area contributed by atoms with Crippen LogP contribution in [0.2, 0.25) is 0 Å². The highest BCUT2D eigenvalue weighted by molar-refractivity contribution is 7.13. The molecule has 0 aliphatic heterocycles. The zero-order valence-electron chi connectivity index (χ0n) is 17.7. The highest BCUT2D eigenvalue weighted by atomic mass is 32.1. The predicted octanol–water partition coefficient (Wildman–Crippen LogP) is 3.26. The Kier molecular flexibility index (Phi) is 6.72. The van der Waals surface area contributed by atoms with Crippen LogP contribution in [0.25, 0.3) is 12.7 Å². The lowest BCUT2D eigenvalue weighted by Crippen LogP contribution is -2.46. The number of nitrogens with zero attached hydrogens (tertiary/aromatic N) is 3. The molecule has 152 valence electrons. The Bertz CT molecular complexity index is 1180. The van der Waals surface area contributed by atoms with E-state index in [1.807, 2.05) is 40.7 Å². The van der Waals surface area contributed by atoms with Crippen molar-refractivity contribution in [2.24, 2.45) is 0 Å². The average Bonchev–Trinajstić information content (AvgIpc) is 3.03. The molecule has 0 fully saturated rings. The second-order valence-corrected chi connectivity index (χ2v) is 9.15. The summed E-state index contributed by atoms with van der Waals surface area (Å²) < 4.78 is 1.25. The summed E-state index contributed by atoms with van der Waals surface area (Å²) in [6.45, 7) is 14.3. The lowest BCUT2D eigenvalue weighted by molar-refractivity contribution is 0.398. The Morgan fingerprint density at radius 2 is 1.83 bits per heavy atom. The highest BCUT2D eigenvalue weighted by Crippen LogP contribution is 2.37. The Labute approximate surface area is 175 Å². The van der Waals surface area contributed by atoms with Crippen LogP contribution in [-0.2, 0) is 18.4 Å². The lowest BCUT2D eigenvalue weighted by atomic mass is 9.83. The van der Waals surface area contributed by atoms with E-state index in [4.69, 9.17) is 0 Å². The number of aromatic nitrogens is 1. The summed E-state index contributed by atoms with van der Waals surface area (Å²) >= 11 is 1.49. The summed E-state index contributed by atoms with van der Waals surface area (Å²) in [7, 11) is 0. The molecule has 0 saturated heterocycles. The van der Waals surface area contributed by atoms with Gasteiger partial charge in [-0.1, -0.05) is 47.6 Å². The fourth-order valence-corrected chi connectivity index (χ4v) is 4.75. The van der Waals surface area contributed by atoms with E-state index in [-0.39, 0.29) is 32.9 Å². The number of nitriles is 2. The van der Waals surface area contributed by atoms with E-state index in [0.717, 1.165) is 28.2 Å². The molecule has 0 aromatic carbocycles. The Morgan fingerprint density at radius 1 is 1.21 bits per heavy atom. The Hall–Kier alpha value is -2.83. The summed E-state index contributed by atoms with van der Waals surface area (Å²) in [5.41, 5.74) is 0.903. The van der Waals surface area contributed by atoms with Crippen LogP contribution >= 0.6 is 11.3 Å². The second-order valence-electron chi connectivity index (χ2n) is 8.01. The first-order valence-electron chi connectivity index (χ1n) is 9.75. The normalized spacial score (nSPS) is 12.0. The molecule has 5 nitrogen and oxygen atoms in total. The van der Waals surface area contributed by atoms with Gasteiger partial charge in [0.25, 0.3) is 5.56 Å². The van der Waals surface area contributed by atoms with Gasteiger partial charge in [-0.15, -0.1) is 11.3 Å². The van der Waals surface area contributed by atoms with Crippen molar-refractivity contribution in [2.45, 2.75) is 65.8 Å². The SMILES string of the molecule is C=c1c(C#N)c(O)n(CCCC)c(=O)/c1=C\c1sc(CC)c(C#N)c1C(C)(C)C. The molecule has 0 radical (unpaired) electrons. The molecule has 0 aliphatic rings. The summed E-state index contributed by atoms with van der Waals surface area (Å²) in [5.74, 6) is -0.331. The maximum absolute atomic E-state index is 13.1. The smallest absolute Gasteiger partial charge is 0.261 e. The van der Waals surface area contributed by atoms with E-state index in [2.05, 4.69) is 12.6 Å². The minimum Gasteiger partial charge on any atom is -0.493 e. The molecule has 0 amide bonds. The van der Waals surface area contributed by atoms with Gasteiger partial charge >= 0.3 is 0 Å². The molecule has 6 heteroatoms. The van der Waals surface area contributed by atoms with Gasteiger partial charge in [0.15, 0.2) is 0 Å². The number of aryl methyl sites for hydroxylation is 1. The van der Waals surface area contributed by atoms with Crippen molar-refractivity contribution in [1.82, 2.24) is 4.57 Å². The number of hydrogen-bond acceptors (Lipinski definition) is 5. The summed E-state index contributed by atoms with van der Waals surface area (Å²) in [6.07, 6.45) is 4.02. The van der Waals surface area contributed by atoms with E-state index < -0.39 is 0 Å². The first-order valence-corrected chi connectivity index (χ1v) is 10.6. The van der Waals surface area contributed by atoms with Gasteiger partial charge in [0.05, 0.1) is 5.56 Å². The number of rotatable bonds is 5. The van der Waals surface area contributed by atoms with Crippen molar-refractivity contribution < 1.29 is 5.11 Å². The van der Waals surface area contributed by atoms with Crippen molar-refractivity contribution in [3.05, 3.63) is 47.2 Å². The number of pyridine rings is 1. The number of aromatic hydroxyl groups is 1. The van der Waals surface area contributed by atoms with E-state index in [1.165, 1.54) is 15.9 Å². The van der Waals surface area contributed by atoms with Crippen LogP contribution < -0.4 is 16.0 Å². The van der Waals surface area contributed by atoms with Crippen LogP contribution in [0, 0.1) is 22.7 Å². The molecule has 0 unspecified atom stereocenters. The first kappa shape index (κ1) is 22.5. The fourth-order valence-electron chi connectivity index (χ4n) is 3.41. The number of unbranched alkanes of at least 4 members (excludes halogenated alkanes) is 1. The summed E-state index contributed by atoms with van der Waals surface area (Å²) in [5, 5.41) is 30.2. The van der Waals surface area contributed by atoms with E-state index in [0.29, 0.717) is 18.5 Å². The third-order valence-electron chi connectivity index (χ3n) is 4.90. The Morgan fingerprint density at radius 3 is 2.31 bits per heavy atom. The molecular weight excluding hydrogens is 382 g/mol. The van der Waals surface area contributed by atoms with Crippen molar-refractivity contribution in [3.63, 3.8) is 0 Å². The molecule has 0 aliphatic carbocycles. The number of hydrogen-bond donors (Lipinski definition) is 1. The molecule has 29 heavy (non-hydrogen) atoms. The molecule has 2 aromatic heterocycles. The molecule has 0 bridgehead atoms. The highest BCUT2D eigenvalue weighted by Gasteiger charge is 2.26. The monoisotopic (exact) mass is 409 g/mol. The van der Waals surface area contributed by atoms with Crippen molar-refractivity contribution in [1.29, 1.82) is 10.5 Å². The third kappa shape index (κ3) is 4.13. The van der Waals surface area contributed by atoms with Crippen LogP contribution in [0.15, 0.2) is 4.79 Å². The van der Waals surface area contributed by atoms with Crippen LogP contribution in [0.3, 0.4) is 0 Å². The van der Waals surface area contributed by atoms with Crippen molar-refractivity contribution >= 4 is 24.0 Å². The second kappa shape index (κ2) is 8.68. The zero-order chi connectivity index (χ0) is 21.9. The van der Waals surface area contributed by atoms with Crippen LogP contribution in [0.5, 0.6) is 5.88 Å². The minimum atomic E-state index is -0.371. The van der Waals surface area contributed by atoms with E-state index >= 15 is 0 Å². The fraction of sp³-hybridized carbons (Fsp3) is 0.435. The van der Waals surface area contributed by atoms with Crippen LogP contribution in [-0.4, -0.2) is 9.67 Å². The molecule has 0 atom stereocenters. The molecular formula is C23H27N3O2S. The molecule has 2 rings (SSSR count). The van der Waals surface area contributed by atoms with Crippen molar-refractivity contribution in [3.8, 4) is 18.0 Å². The van der Waals surface area contributed by atoms with Gasteiger partial charge in [0, 0.05) is 26.7 Å². The van der Waals surface area contributed by atoms with Crippen molar-refractivity contribution in [2.75, 3.05) is 0 Å². The van der Waals surface area contributed by atoms with E-state index in [9.17, 15) is 20.4 Å². The quantitative estimate of drug-likeness (QED) is 0.821. The minimum absolute atomic E-state index is 0.0111. The maximum atomic E-state index is 13.1. The molecule has 0 spiro atoms. The third-order valence-corrected chi connectivity index (χ3v) is 6.18. The van der Waals surface area contributed by atoms with Gasteiger partial charge in [0.2, 0.25) is 5.88 Å². The van der Waals surface area contributed by atoms with Gasteiger partial charge in [-0.05, 0) is 29.9 Å². The molecule has 2 aromatic rings. The maximum Gasteiger partial charge on any atom is 0.261 e. The summed E-state index contributed by atoms with van der Waals surface area (Å²) in [4.78, 5) is 14.9. The van der Waals surface area contributed by atoms with Crippen LogP contribution in [0.1, 0.15) is 73.9 Å². The Balaban J connectivity index is 2.99. The topological polar surface area (TPSA) is 89.8 Å².